The molecular weight excluding hydrogens is 525 g/mol. The third-order valence-electron chi connectivity index (χ3n) is 7.85. The molecule has 204 valence electrons. The number of pyridine rings is 1. The van der Waals surface area contributed by atoms with Crippen molar-refractivity contribution in [2.45, 2.75) is 51.6 Å². The number of benzene rings is 1. The molecule has 2 atom stereocenters. The molecule has 7 nitrogen and oxygen atoms in total. The van der Waals surface area contributed by atoms with Crippen molar-refractivity contribution in [1.29, 1.82) is 0 Å². The van der Waals surface area contributed by atoms with Crippen LogP contribution in [0.1, 0.15) is 43.0 Å². The number of hydrogen-bond donors (Lipinski definition) is 4. The normalized spacial score (nSPS) is 17.8. The van der Waals surface area contributed by atoms with E-state index in [1.807, 2.05) is 24.5 Å². The molecule has 0 radical (unpaired) electrons. The van der Waals surface area contributed by atoms with E-state index < -0.39 is 0 Å². The summed E-state index contributed by atoms with van der Waals surface area (Å²) >= 11 is 3.41. The number of fused-ring (bicyclic) bond motifs is 2. The fourth-order valence-corrected chi connectivity index (χ4v) is 8.02. The Kier molecular flexibility index (Phi) is 8.32. The Balaban J connectivity index is 1.19. The van der Waals surface area contributed by atoms with E-state index in [1.165, 1.54) is 23.3 Å². The van der Waals surface area contributed by atoms with Crippen molar-refractivity contribution in [2.75, 3.05) is 31.5 Å². The van der Waals surface area contributed by atoms with Gasteiger partial charge in [-0.3, -0.25) is 9.78 Å². The molecule has 2 aliphatic heterocycles. The predicted octanol–water partition coefficient (Wildman–Crippen LogP) is 5.43. The van der Waals surface area contributed by atoms with Crippen molar-refractivity contribution in [3.8, 4) is 21.7 Å². The molecule has 6 rings (SSSR count). The Hall–Kier alpha value is -2.69. The molecule has 4 N–H and O–H groups in total. The lowest BCUT2D eigenvalue weighted by atomic mass is 9.97. The Bertz CT molecular complexity index is 1430. The van der Waals surface area contributed by atoms with Gasteiger partial charge < -0.3 is 21.3 Å². The van der Waals surface area contributed by atoms with E-state index >= 15 is 0 Å². The van der Waals surface area contributed by atoms with Crippen LogP contribution in [0, 0.1) is 5.92 Å². The standard InChI is InChI=1S/C30H36N6OS2/c1-2-22(15-19-5-10-32-17-19)34-14-9-27(37)36-30-28(23-8-13-33-18-26(23)39-30)29-35-24-16-21(3-4-25(24)38-29)20-6-11-31-12-7-20/h3-4,6-7,11-12,16,19,22,32-34H,2,5,8-10,13-15,17-18H2,1H3,(H,36,37)/t19?,22-/m1/s1. The van der Waals surface area contributed by atoms with Gasteiger partial charge in [0.25, 0.3) is 0 Å². The van der Waals surface area contributed by atoms with Gasteiger partial charge in [-0.2, -0.15) is 0 Å². The lowest BCUT2D eigenvalue weighted by Gasteiger charge is -2.20. The van der Waals surface area contributed by atoms with Gasteiger partial charge in [0.2, 0.25) is 5.91 Å². The molecule has 0 saturated carbocycles. The highest BCUT2D eigenvalue weighted by atomic mass is 32.1. The van der Waals surface area contributed by atoms with Gasteiger partial charge in [0.15, 0.2) is 0 Å². The predicted molar refractivity (Wildman–Crippen MR) is 162 cm³/mol. The van der Waals surface area contributed by atoms with Crippen LogP contribution in [0.5, 0.6) is 0 Å². The van der Waals surface area contributed by atoms with Gasteiger partial charge in [-0.1, -0.05) is 13.0 Å². The summed E-state index contributed by atoms with van der Waals surface area (Å²) in [6.45, 7) is 6.97. The SMILES string of the molecule is CC[C@H](CC1CCNC1)NCCC(=O)Nc1sc2c(c1-c1nc3cc(-c4ccncc4)ccc3s1)CCNC2. The maximum Gasteiger partial charge on any atom is 0.226 e. The summed E-state index contributed by atoms with van der Waals surface area (Å²) in [6, 6.07) is 11.0. The zero-order chi connectivity index (χ0) is 26.6. The minimum atomic E-state index is 0.0637. The van der Waals surface area contributed by atoms with Crippen molar-refractivity contribution in [3.05, 3.63) is 53.2 Å². The van der Waals surface area contributed by atoms with Crippen LogP contribution in [-0.4, -0.2) is 48.1 Å². The number of nitrogens with one attached hydrogen (secondary N) is 4. The maximum atomic E-state index is 13.1. The number of thiophene rings is 1. The van der Waals surface area contributed by atoms with Crippen LogP contribution < -0.4 is 21.3 Å². The first-order valence-electron chi connectivity index (χ1n) is 14.1. The summed E-state index contributed by atoms with van der Waals surface area (Å²) in [5.74, 6) is 0.813. The number of amides is 1. The molecule has 1 amide bonds. The van der Waals surface area contributed by atoms with Gasteiger partial charge in [-0.15, -0.1) is 22.7 Å². The summed E-state index contributed by atoms with van der Waals surface area (Å²) in [6.07, 6.45) is 8.58. The van der Waals surface area contributed by atoms with E-state index in [1.54, 1.807) is 22.7 Å². The van der Waals surface area contributed by atoms with E-state index in [0.717, 1.165) is 81.9 Å². The minimum absolute atomic E-state index is 0.0637. The van der Waals surface area contributed by atoms with Gasteiger partial charge in [0.1, 0.15) is 10.0 Å². The summed E-state index contributed by atoms with van der Waals surface area (Å²) in [5.41, 5.74) is 5.70. The third-order valence-corrected chi connectivity index (χ3v) is 10.1. The lowest BCUT2D eigenvalue weighted by Crippen LogP contribution is -2.33. The number of rotatable bonds is 10. The summed E-state index contributed by atoms with van der Waals surface area (Å²) < 4.78 is 1.15. The molecule has 1 saturated heterocycles. The third kappa shape index (κ3) is 6.07. The fraction of sp³-hybridized carbons (Fsp3) is 0.433. The number of aromatic nitrogens is 2. The van der Waals surface area contributed by atoms with Crippen LogP contribution >= 0.6 is 22.7 Å². The zero-order valence-electron chi connectivity index (χ0n) is 22.4. The second-order valence-electron chi connectivity index (χ2n) is 10.5. The molecule has 1 aromatic carbocycles. The van der Waals surface area contributed by atoms with Crippen molar-refractivity contribution < 1.29 is 4.79 Å². The molecule has 0 aliphatic carbocycles. The Morgan fingerprint density at radius 1 is 1.13 bits per heavy atom. The molecule has 0 bridgehead atoms. The molecule has 39 heavy (non-hydrogen) atoms. The van der Waals surface area contributed by atoms with Crippen LogP contribution in [0.4, 0.5) is 5.00 Å². The number of nitrogens with zero attached hydrogens (tertiary/aromatic N) is 2. The summed E-state index contributed by atoms with van der Waals surface area (Å²) in [4.78, 5) is 23.6. The molecule has 4 aromatic rings. The molecule has 0 spiro atoms. The molecule has 2 aliphatic rings. The van der Waals surface area contributed by atoms with Crippen LogP contribution in [-0.2, 0) is 17.8 Å². The number of carbonyl (C=O) groups is 1. The van der Waals surface area contributed by atoms with Gasteiger partial charge in [0.05, 0.1) is 10.2 Å². The average molecular weight is 561 g/mol. The molecule has 5 heterocycles. The van der Waals surface area contributed by atoms with E-state index in [4.69, 9.17) is 4.98 Å². The second-order valence-corrected chi connectivity index (χ2v) is 12.7. The summed E-state index contributed by atoms with van der Waals surface area (Å²) in [7, 11) is 0. The smallest absolute Gasteiger partial charge is 0.226 e. The Morgan fingerprint density at radius 3 is 2.85 bits per heavy atom. The molecule has 1 fully saturated rings. The highest BCUT2D eigenvalue weighted by Crippen LogP contribution is 2.45. The van der Waals surface area contributed by atoms with Gasteiger partial charge in [0, 0.05) is 48.4 Å². The molecule has 3 aromatic heterocycles. The average Bonchev–Trinajstić information content (AvgIpc) is 3.70. The maximum absolute atomic E-state index is 13.1. The van der Waals surface area contributed by atoms with Gasteiger partial charge >= 0.3 is 0 Å². The van der Waals surface area contributed by atoms with Gasteiger partial charge in [-0.25, -0.2) is 4.98 Å². The topological polar surface area (TPSA) is 91.0 Å². The first-order chi connectivity index (χ1) is 19.2. The number of carbonyl (C=O) groups excluding carboxylic acids is 1. The highest BCUT2D eigenvalue weighted by molar-refractivity contribution is 7.23. The monoisotopic (exact) mass is 560 g/mol. The van der Waals surface area contributed by atoms with Crippen LogP contribution in [0.25, 0.3) is 31.9 Å². The van der Waals surface area contributed by atoms with Crippen molar-refractivity contribution in [1.82, 2.24) is 25.9 Å². The van der Waals surface area contributed by atoms with E-state index in [-0.39, 0.29) is 5.91 Å². The van der Waals surface area contributed by atoms with Crippen molar-refractivity contribution in [3.63, 3.8) is 0 Å². The van der Waals surface area contributed by atoms with E-state index in [2.05, 4.69) is 51.4 Å². The quantitative estimate of drug-likeness (QED) is 0.207. The largest absolute Gasteiger partial charge is 0.317 e. The highest BCUT2D eigenvalue weighted by Gasteiger charge is 2.25. The molecular formula is C30H36N6OS2. The van der Waals surface area contributed by atoms with Crippen LogP contribution in [0.2, 0.25) is 0 Å². The second kappa shape index (κ2) is 12.2. The van der Waals surface area contributed by atoms with E-state index in [9.17, 15) is 4.79 Å². The number of hydrogen-bond acceptors (Lipinski definition) is 8. The first kappa shape index (κ1) is 26.5. The van der Waals surface area contributed by atoms with Crippen molar-refractivity contribution >= 4 is 43.8 Å². The minimum Gasteiger partial charge on any atom is -0.317 e. The van der Waals surface area contributed by atoms with Crippen LogP contribution in [0.15, 0.2) is 42.7 Å². The van der Waals surface area contributed by atoms with E-state index in [0.29, 0.717) is 19.0 Å². The van der Waals surface area contributed by atoms with Crippen molar-refractivity contribution in [2.24, 2.45) is 5.92 Å². The molecule has 9 heteroatoms. The Morgan fingerprint density at radius 2 is 2.03 bits per heavy atom. The summed E-state index contributed by atoms with van der Waals surface area (Å²) in [5, 5.41) is 15.8. The van der Waals surface area contributed by atoms with Gasteiger partial charge in [-0.05, 0) is 92.2 Å². The number of thiazole rings is 1. The Labute approximate surface area is 237 Å². The number of anilines is 1. The van der Waals surface area contributed by atoms with Crippen LogP contribution in [0.3, 0.4) is 0 Å². The zero-order valence-corrected chi connectivity index (χ0v) is 24.0. The molecule has 1 unspecified atom stereocenters. The fourth-order valence-electron chi connectivity index (χ4n) is 5.70. The first-order valence-corrected chi connectivity index (χ1v) is 15.7. The lowest BCUT2D eigenvalue weighted by molar-refractivity contribution is -0.116.